The third kappa shape index (κ3) is 4.27. The zero-order chi connectivity index (χ0) is 21.1. The van der Waals surface area contributed by atoms with Gasteiger partial charge in [-0.1, -0.05) is 53.5 Å². The van der Waals surface area contributed by atoms with E-state index in [-0.39, 0.29) is 44.4 Å². The molecule has 2 N–H and O–H groups in total. The lowest BCUT2D eigenvalue weighted by molar-refractivity contribution is 0.301. The van der Waals surface area contributed by atoms with Crippen LogP contribution in [0, 0.1) is 11.6 Å². The molecule has 1 aromatic heterocycles. The molecule has 0 unspecified atom stereocenters. The maximum atomic E-state index is 14.8. The number of thiocarbonyl (C=S) groups is 1. The lowest BCUT2D eigenvalue weighted by Gasteiger charge is -2.15. The summed E-state index contributed by atoms with van der Waals surface area (Å²) in [5.41, 5.74) is 5.54. The molecule has 0 aliphatic rings. The predicted molar refractivity (Wildman–Crippen MR) is 114 cm³/mol. The van der Waals surface area contributed by atoms with E-state index in [1.165, 1.54) is 19.2 Å². The van der Waals surface area contributed by atoms with Crippen molar-refractivity contribution in [2.45, 2.75) is 6.61 Å². The number of halogens is 4. The van der Waals surface area contributed by atoms with Gasteiger partial charge >= 0.3 is 0 Å². The Bertz CT molecular complexity index is 1080. The van der Waals surface area contributed by atoms with Crippen LogP contribution in [0.25, 0.3) is 11.3 Å². The Morgan fingerprint density at radius 3 is 2.45 bits per heavy atom. The Kier molecular flexibility index (Phi) is 6.52. The van der Waals surface area contributed by atoms with E-state index in [1.54, 1.807) is 0 Å². The number of pyridine rings is 1. The van der Waals surface area contributed by atoms with Crippen molar-refractivity contribution in [3.05, 3.63) is 75.4 Å². The normalized spacial score (nSPS) is 10.7. The third-order valence-electron chi connectivity index (χ3n) is 4.03. The summed E-state index contributed by atoms with van der Waals surface area (Å²) >= 11 is 17.3. The van der Waals surface area contributed by atoms with Crippen molar-refractivity contribution in [2.75, 3.05) is 12.8 Å². The van der Waals surface area contributed by atoms with Crippen molar-refractivity contribution >= 4 is 46.2 Å². The molecule has 150 valence electrons. The minimum absolute atomic E-state index is 0.0260. The van der Waals surface area contributed by atoms with Crippen LogP contribution in [0.1, 0.15) is 11.3 Å². The van der Waals surface area contributed by atoms with Crippen molar-refractivity contribution in [1.29, 1.82) is 0 Å². The van der Waals surface area contributed by atoms with Gasteiger partial charge in [-0.3, -0.25) is 0 Å². The maximum absolute atomic E-state index is 14.8. The molecule has 1 heterocycles. The van der Waals surface area contributed by atoms with Gasteiger partial charge in [-0.25, -0.2) is 13.8 Å². The molecule has 0 radical (unpaired) electrons. The molecule has 3 aromatic rings. The van der Waals surface area contributed by atoms with E-state index in [2.05, 4.69) is 4.98 Å². The number of anilines is 1. The summed E-state index contributed by atoms with van der Waals surface area (Å²) in [7, 11) is 1.24. The molecule has 3 rings (SSSR count). The second-order valence-electron chi connectivity index (χ2n) is 5.85. The Hall–Kier alpha value is -2.48. The van der Waals surface area contributed by atoms with E-state index in [4.69, 9.17) is 50.6 Å². The highest BCUT2D eigenvalue weighted by Gasteiger charge is 2.25. The number of hydrogen-bond donors (Lipinski definition) is 1. The van der Waals surface area contributed by atoms with Gasteiger partial charge in [0, 0.05) is 5.56 Å². The van der Waals surface area contributed by atoms with Crippen molar-refractivity contribution in [2.24, 2.45) is 0 Å². The molecule has 0 spiro atoms. The molecule has 0 amide bonds. The van der Waals surface area contributed by atoms with Crippen LogP contribution < -0.4 is 10.5 Å². The second-order valence-corrected chi connectivity index (χ2v) is 7.01. The van der Waals surface area contributed by atoms with E-state index < -0.39 is 17.3 Å². The second kappa shape index (κ2) is 8.90. The quantitative estimate of drug-likeness (QED) is 0.492. The standard InChI is InChI=1S/C20H14Cl2F2N2O2S/c1-27-19-12(21)8-7-11(14(19)23)17-15(24)16(25)13(22)18(26-17)20(29)28-9-10-5-3-2-4-6-10/h2-8H,9H2,1H3,(H2,25,26). The molecule has 9 heteroatoms. The molecule has 0 saturated carbocycles. The number of hydrogen-bond acceptors (Lipinski definition) is 5. The van der Waals surface area contributed by atoms with Crippen LogP contribution in [0.15, 0.2) is 42.5 Å². The Morgan fingerprint density at radius 1 is 1.10 bits per heavy atom. The largest absolute Gasteiger partial charge is 0.492 e. The number of benzene rings is 2. The first-order chi connectivity index (χ1) is 13.8. The summed E-state index contributed by atoms with van der Waals surface area (Å²) in [5.74, 6) is -2.13. The summed E-state index contributed by atoms with van der Waals surface area (Å²) in [6, 6.07) is 11.9. The first-order valence-corrected chi connectivity index (χ1v) is 9.39. The summed E-state index contributed by atoms with van der Waals surface area (Å²) < 4.78 is 40.0. The van der Waals surface area contributed by atoms with Crippen LogP contribution in [-0.2, 0) is 11.3 Å². The van der Waals surface area contributed by atoms with Crippen LogP contribution in [0.3, 0.4) is 0 Å². The van der Waals surface area contributed by atoms with E-state index in [9.17, 15) is 8.78 Å². The Labute approximate surface area is 181 Å². The average Bonchev–Trinajstić information content (AvgIpc) is 2.72. The molecule has 29 heavy (non-hydrogen) atoms. The fourth-order valence-electron chi connectivity index (χ4n) is 2.57. The summed E-state index contributed by atoms with van der Waals surface area (Å²) in [6.45, 7) is 0.146. The highest BCUT2D eigenvalue weighted by atomic mass is 35.5. The number of ether oxygens (including phenoxy) is 2. The molecule has 4 nitrogen and oxygen atoms in total. The number of nitrogen functional groups attached to an aromatic ring is 1. The van der Waals surface area contributed by atoms with Crippen LogP contribution in [0.4, 0.5) is 14.5 Å². The molecular weight excluding hydrogens is 441 g/mol. The minimum Gasteiger partial charge on any atom is -0.492 e. The van der Waals surface area contributed by atoms with Gasteiger partial charge < -0.3 is 15.2 Å². The Morgan fingerprint density at radius 2 is 1.79 bits per heavy atom. The van der Waals surface area contributed by atoms with E-state index in [0.29, 0.717) is 0 Å². The molecule has 0 atom stereocenters. The summed E-state index contributed by atoms with van der Waals surface area (Å²) in [6.07, 6.45) is 0. The lowest BCUT2D eigenvalue weighted by atomic mass is 10.1. The molecule has 0 bridgehead atoms. The van der Waals surface area contributed by atoms with Crippen molar-refractivity contribution < 1.29 is 18.3 Å². The summed E-state index contributed by atoms with van der Waals surface area (Å²) in [4.78, 5) is 4.09. The molecule has 2 aromatic carbocycles. The van der Waals surface area contributed by atoms with Gasteiger partial charge in [0.15, 0.2) is 17.4 Å². The molecular formula is C20H14Cl2F2N2O2S. The Balaban J connectivity index is 2.03. The monoisotopic (exact) mass is 454 g/mol. The van der Waals surface area contributed by atoms with Gasteiger partial charge in [-0.2, -0.15) is 0 Å². The highest BCUT2D eigenvalue weighted by Crippen LogP contribution is 2.38. The molecule has 0 saturated heterocycles. The zero-order valence-electron chi connectivity index (χ0n) is 15.0. The molecule has 0 aliphatic heterocycles. The van der Waals surface area contributed by atoms with Crippen LogP contribution in [0.5, 0.6) is 5.75 Å². The average molecular weight is 455 g/mol. The number of methoxy groups -OCH3 is 1. The van der Waals surface area contributed by atoms with E-state index >= 15 is 0 Å². The third-order valence-corrected chi connectivity index (χ3v) is 5.02. The van der Waals surface area contributed by atoms with Crippen LogP contribution in [-0.4, -0.2) is 17.1 Å². The zero-order valence-corrected chi connectivity index (χ0v) is 17.3. The fourth-order valence-corrected chi connectivity index (χ4v) is 3.27. The first-order valence-electron chi connectivity index (χ1n) is 8.23. The molecule has 0 fully saturated rings. The van der Waals surface area contributed by atoms with Gasteiger partial charge in [-0.15, -0.1) is 0 Å². The summed E-state index contributed by atoms with van der Waals surface area (Å²) in [5, 5.41) is -0.295. The number of nitrogens with zero attached hydrogens (tertiary/aromatic N) is 1. The number of nitrogens with two attached hydrogens (primary N) is 1. The molecule has 0 aliphatic carbocycles. The number of rotatable bonds is 5. The van der Waals surface area contributed by atoms with Crippen LogP contribution in [0.2, 0.25) is 10.0 Å². The van der Waals surface area contributed by atoms with Gasteiger partial charge in [0.05, 0.1) is 22.8 Å². The minimum atomic E-state index is -0.993. The van der Waals surface area contributed by atoms with Gasteiger partial charge in [0.25, 0.3) is 0 Å². The SMILES string of the molecule is COc1c(Cl)ccc(-c2nc(C(=S)OCc3ccccc3)c(Cl)c(N)c2F)c1F. The van der Waals surface area contributed by atoms with E-state index in [1.807, 2.05) is 30.3 Å². The van der Waals surface area contributed by atoms with Crippen molar-refractivity contribution in [3.8, 4) is 17.0 Å². The van der Waals surface area contributed by atoms with Gasteiger partial charge in [-0.05, 0) is 29.9 Å². The predicted octanol–water partition coefficient (Wildman–Crippen LogP) is 5.82. The van der Waals surface area contributed by atoms with Gasteiger partial charge in [0.2, 0.25) is 5.05 Å². The smallest absolute Gasteiger partial charge is 0.212 e. The highest BCUT2D eigenvalue weighted by molar-refractivity contribution is 7.80. The fraction of sp³-hybridized carbons (Fsp3) is 0.100. The van der Waals surface area contributed by atoms with E-state index in [0.717, 1.165) is 5.56 Å². The number of aromatic nitrogens is 1. The lowest BCUT2D eigenvalue weighted by Crippen LogP contribution is -2.11. The van der Waals surface area contributed by atoms with Crippen molar-refractivity contribution in [1.82, 2.24) is 4.98 Å². The first kappa shape index (κ1) is 21.2. The topological polar surface area (TPSA) is 57.4 Å². The van der Waals surface area contributed by atoms with Gasteiger partial charge in [0.1, 0.15) is 18.0 Å². The maximum Gasteiger partial charge on any atom is 0.212 e. The van der Waals surface area contributed by atoms with Crippen molar-refractivity contribution in [3.63, 3.8) is 0 Å². The van der Waals surface area contributed by atoms with Crippen LogP contribution >= 0.6 is 35.4 Å².